The molecule has 0 heterocycles. The van der Waals surface area contributed by atoms with Gasteiger partial charge in [-0.15, -0.1) is 0 Å². The van der Waals surface area contributed by atoms with Gasteiger partial charge in [-0.25, -0.2) is 4.79 Å². The van der Waals surface area contributed by atoms with E-state index < -0.39 is 12.1 Å². The molecule has 14 heavy (non-hydrogen) atoms. The number of carboxylic acids is 1. The monoisotopic (exact) mass is 234 g/mol. The summed E-state index contributed by atoms with van der Waals surface area (Å²) in [5, 5.41) is 9.38. The molecule has 1 N–H and O–H groups in total. The molecule has 0 saturated heterocycles. The Labute approximate surface area is 91.2 Å². The summed E-state index contributed by atoms with van der Waals surface area (Å²) in [7, 11) is 0. The number of carboxylic acid groups (broad SMARTS) is 1. The van der Waals surface area contributed by atoms with Gasteiger partial charge in [-0.1, -0.05) is 23.2 Å². The van der Waals surface area contributed by atoms with E-state index in [1.165, 1.54) is 13.0 Å². The maximum absolute atomic E-state index is 10.5. The predicted molar refractivity (Wildman–Crippen MR) is 54.2 cm³/mol. The van der Waals surface area contributed by atoms with Crippen LogP contribution < -0.4 is 4.74 Å². The van der Waals surface area contributed by atoms with Crippen molar-refractivity contribution in [1.82, 2.24) is 0 Å². The van der Waals surface area contributed by atoms with E-state index in [1.54, 1.807) is 12.1 Å². The Morgan fingerprint density at radius 2 is 2.14 bits per heavy atom. The van der Waals surface area contributed by atoms with Gasteiger partial charge in [0.1, 0.15) is 5.75 Å². The molecule has 76 valence electrons. The second-order valence-corrected chi connectivity index (χ2v) is 3.52. The number of halogens is 2. The summed E-state index contributed by atoms with van der Waals surface area (Å²) in [5.41, 5.74) is 0. The molecule has 0 unspecified atom stereocenters. The van der Waals surface area contributed by atoms with Crippen molar-refractivity contribution >= 4 is 29.2 Å². The summed E-state index contributed by atoms with van der Waals surface area (Å²) in [6, 6.07) is 4.62. The summed E-state index contributed by atoms with van der Waals surface area (Å²) in [6.45, 7) is 1.42. The minimum Gasteiger partial charge on any atom is -0.479 e. The van der Waals surface area contributed by atoms with Crippen molar-refractivity contribution in [2.75, 3.05) is 0 Å². The fourth-order valence-electron chi connectivity index (χ4n) is 0.808. The Morgan fingerprint density at radius 3 is 2.71 bits per heavy atom. The fourth-order valence-corrected chi connectivity index (χ4v) is 1.13. The molecular formula is C9H8Cl2O3. The number of rotatable bonds is 3. The van der Waals surface area contributed by atoms with E-state index in [9.17, 15) is 4.79 Å². The molecule has 1 aromatic carbocycles. The summed E-state index contributed by atoms with van der Waals surface area (Å²) in [6.07, 6.45) is -0.953. The lowest BCUT2D eigenvalue weighted by atomic mass is 10.3. The summed E-state index contributed by atoms with van der Waals surface area (Å²) in [5.74, 6) is -0.782. The highest BCUT2D eigenvalue weighted by molar-refractivity contribution is 6.34. The van der Waals surface area contributed by atoms with Crippen molar-refractivity contribution < 1.29 is 14.6 Å². The Bertz CT molecular complexity index is 352. The maximum atomic E-state index is 10.5. The molecule has 5 heteroatoms. The van der Waals surface area contributed by atoms with Gasteiger partial charge < -0.3 is 9.84 Å². The number of ether oxygens (including phenoxy) is 1. The van der Waals surface area contributed by atoms with E-state index in [1.807, 2.05) is 0 Å². The molecule has 0 aromatic heterocycles. The first-order valence-electron chi connectivity index (χ1n) is 3.85. The highest BCUT2D eigenvalue weighted by Gasteiger charge is 2.14. The third-order valence-corrected chi connectivity index (χ3v) is 2.09. The Kier molecular flexibility index (Phi) is 3.61. The van der Waals surface area contributed by atoms with Crippen LogP contribution in [-0.4, -0.2) is 17.2 Å². The van der Waals surface area contributed by atoms with Gasteiger partial charge in [0, 0.05) is 11.1 Å². The van der Waals surface area contributed by atoms with Crippen molar-refractivity contribution in [3.8, 4) is 5.75 Å². The second kappa shape index (κ2) is 4.53. The molecule has 0 radical (unpaired) electrons. The summed E-state index contributed by atoms with van der Waals surface area (Å²) >= 11 is 11.5. The van der Waals surface area contributed by atoms with Crippen LogP contribution in [0.25, 0.3) is 0 Å². The first-order chi connectivity index (χ1) is 6.50. The van der Waals surface area contributed by atoms with Crippen LogP contribution in [0.15, 0.2) is 18.2 Å². The minimum atomic E-state index is -1.05. The third-order valence-electron chi connectivity index (χ3n) is 1.54. The van der Waals surface area contributed by atoms with Crippen molar-refractivity contribution in [1.29, 1.82) is 0 Å². The molecule has 1 aromatic rings. The van der Waals surface area contributed by atoms with Crippen LogP contribution >= 0.6 is 23.2 Å². The Balaban J connectivity index is 2.85. The first kappa shape index (κ1) is 11.1. The SMILES string of the molecule is C[C@H](Oc1cc(Cl)ccc1Cl)C(=O)O. The maximum Gasteiger partial charge on any atom is 0.344 e. The third kappa shape index (κ3) is 2.79. The second-order valence-electron chi connectivity index (χ2n) is 2.67. The molecule has 0 bridgehead atoms. The highest BCUT2D eigenvalue weighted by atomic mass is 35.5. The van der Waals surface area contributed by atoms with Gasteiger partial charge in [-0.05, 0) is 19.1 Å². The van der Waals surface area contributed by atoms with Crippen LogP contribution in [0.5, 0.6) is 5.75 Å². The average molecular weight is 235 g/mol. The molecule has 0 fully saturated rings. The smallest absolute Gasteiger partial charge is 0.344 e. The zero-order valence-electron chi connectivity index (χ0n) is 7.33. The van der Waals surface area contributed by atoms with Gasteiger partial charge in [-0.3, -0.25) is 0 Å². The molecule has 1 rings (SSSR count). The zero-order valence-corrected chi connectivity index (χ0v) is 8.84. The van der Waals surface area contributed by atoms with Gasteiger partial charge in [-0.2, -0.15) is 0 Å². The van der Waals surface area contributed by atoms with Gasteiger partial charge in [0.2, 0.25) is 0 Å². The molecule has 0 aliphatic rings. The standard InChI is InChI=1S/C9H8Cl2O3/c1-5(9(12)13)14-8-4-6(10)2-3-7(8)11/h2-5H,1H3,(H,12,13)/t5-/m0/s1. The highest BCUT2D eigenvalue weighted by Crippen LogP contribution is 2.28. The van der Waals surface area contributed by atoms with Gasteiger partial charge in [0.05, 0.1) is 5.02 Å². The van der Waals surface area contributed by atoms with E-state index in [-0.39, 0.29) is 5.75 Å². The molecule has 0 aliphatic heterocycles. The van der Waals surface area contributed by atoms with Crippen LogP contribution in [-0.2, 0) is 4.79 Å². The molecule has 0 amide bonds. The summed E-state index contributed by atoms with van der Waals surface area (Å²) < 4.78 is 5.07. The molecule has 0 saturated carbocycles. The predicted octanol–water partition coefficient (Wildman–Crippen LogP) is 2.85. The zero-order chi connectivity index (χ0) is 10.7. The van der Waals surface area contributed by atoms with Crippen LogP contribution in [0.4, 0.5) is 0 Å². The van der Waals surface area contributed by atoms with Crippen molar-refractivity contribution in [2.45, 2.75) is 13.0 Å². The number of hydrogen-bond acceptors (Lipinski definition) is 2. The molecule has 0 spiro atoms. The number of carbonyl (C=O) groups is 1. The Morgan fingerprint density at radius 1 is 1.50 bits per heavy atom. The largest absolute Gasteiger partial charge is 0.479 e. The number of aliphatic carboxylic acids is 1. The number of benzene rings is 1. The van der Waals surface area contributed by atoms with E-state index in [0.717, 1.165) is 0 Å². The van der Waals surface area contributed by atoms with E-state index >= 15 is 0 Å². The fraction of sp³-hybridized carbons (Fsp3) is 0.222. The van der Waals surface area contributed by atoms with Crippen LogP contribution in [0, 0.1) is 0 Å². The van der Waals surface area contributed by atoms with Gasteiger partial charge in [0.25, 0.3) is 0 Å². The van der Waals surface area contributed by atoms with E-state index in [4.69, 9.17) is 33.0 Å². The topological polar surface area (TPSA) is 46.5 Å². The molecule has 1 atom stereocenters. The quantitative estimate of drug-likeness (QED) is 0.876. The normalized spacial score (nSPS) is 12.2. The van der Waals surface area contributed by atoms with Crippen LogP contribution in [0.3, 0.4) is 0 Å². The minimum absolute atomic E-state index is 0.272. The van der Waals surface area contributed by atoms with Crippen molar-refractivity contribution in [2.24, 2.45) is 0 Å². The van der Waals surface area contributed by atoms with E-state index in [0.29, 0.717) is 10.0 Å². The molecule has 0 aliphatic carbocycles. The lowest BCUT2D eigenvalue weighted by molar-refractivity contribution is -0.144. The van der Waals surface area contributed by atoms with Crippen LogP contribution in [0.2, 0.25) is 10.0 Å². The van der Waals surface area contributed by atoms with Crippen LogP contribution in [0.1, 0.15) is 6.92 Å². The lowest BCUT2D eigenvalue weighted by Crippen LogP contribution is -2.22. The van der Waals surface area contributed by atoms with Crippen molar-refractivity contribution in [3.63, 3.8) is 0 Å². The summed E-state index contributed by atoms with van der Waals surface area (Å²) in [4.78, 5) is 10.5. The Hall–Kier alpha value is -0.930. The number of hydrogen-bond donors (Lipinski definition) is 1. The molecule has 3 nitrogen and oxygen atoms in total. The van der Waals surface area contributed by atoms with Gasteiger partial charge in [0.15, 0.2) is 6.10 Å². The molecular weight excluding hydrogens is 227 g/mol. The van der Waals surface area contributed by atoms with E-state index in [2.05, 4.69) is 0 Å². The van der Waals surface area contributed by atoms with Gasteiger partial charge >= 0.3 is 5.97 Å². The van der Waals surface area contributed by atoms with Crippen molar-refractivity contribution in [3.05, 3.63) is 28.2 Å². The first-order valence-corrected chi connectivity index (χ1v) is 4.61. The average Bonchev–Trinajstić information content (AvgIpc) is 2.11. The lowest BCUT2D eigenvalue weighted by Gasteiger charge is -2.11.